The van der Waals surface area contributed by atoms with Crippen molar-refractivity contribution in [3.63, 3.8) is 0 Å². The maximum atomic E-state index is 12.5. The van der Waals surface area contributed by atoms with Gasteiger partial charge in [0.1, 0.15) is 0 Å². The Morgan fingerprint density at radius 3 is 2.37 bits per heavy atom. The highest BCUT2D eigenvalue weighted by atomic mass is 32.1. The van der Waals surface area contributed by atoms with E-state index in [4.69, 9.17) is 12.2 Å². The lowest BCUT2D eigenvalue weighted by atomic mass is 10.1. The van der Waals surface area contributed by atoms with Gasteiger partial charge >= 0.3 is 0 Å². The smallest absolute Gasteiger partial charge is 0.236 e. The Hall–Kier alpha value is -1.96. The molecule has 0 bridgehead atoms. The molecule has 1 aromatic heterocycles. The van der Waals surface area contributed by atoms with Gasteiger partial charge in [-0.05, 0) is 62.5 Å². The molecule has 0 saturated carbocycles. The van der Waals surface area contributed by atoms with Gasteiger partial charge in [-0.3, -0.25) is 19.2 Å². The fraction of sp³-hybridized carbons (Fsp3) is 0.565. The topological polar surface area (TPSA) is 36.6 Å². The molecule has 0 N–H and O–H groups in total. The number of nitrogens with zero attached hydrogens (tertiary/aromatic N) is 5. The second-order valence-electron chi connectivity index (χ2n) is 8.69. The van der Waals surface area contributed by atoms with Crippen LogP contribution in [0.5, 0.6) is 0 Å². The van der Waals surface area contributed by atoms with Gasteiger partial charge in [0.05, 0.1) is 18.9 Å². The van der Waals surface area contributed by atoms with Gasteiger partial charge in [0.2, 0.25) is 5.91 Å². The predicted octanol–water partition coefficient (Wildman–Crippen LogP) is 3.21. The van der Waals surface area contributed by atoms with Crippen LogP contribution in [0.4, 0.5) is 0 Å². The number of hydrogen-bond acceptors (Lipinski definition) is 4. The molecule has 0 atom stereocenters. The fourth-order valence-electron chi connectivity index (χ4n) is 4.42. The third-order valence-electron chi connectivity index (χ3n) is 6.36. The summed E-state index contributed by atoms with van der Waals surface area (Å²) in [7, 11) is 0. The van der Waals surface area contributed by atoms with E-state index < -0.39 is 0 Å². The molecule has 6 nitrogen and oxygen atoms in total. The number of benzene rings is 1. The lowest BCUT2D eigenvalue weighted by molar-refractivity contribution is -0.133. The number of aromatic nitrogens is 2. The Kier molecular flexibility index (Phi) is 6.71. The molecule has 1 amide bonds. The van der Waals surface area contributed by atoms with Crippen LogP contribution in [0.15, 0.2) is 30.6 Å². The van der Waals surface area contributed by atoms with Crippen molar-refractivity contribution < 1.29 is 4.79 Å². The first-order valence-corrected chi connectivity index (χ1v) is 11.5. The zero-order chi connectivity index (χ0) is 21.1. The summed E-state index contributed by atoms with van der Waals surface area (Å²) in [5, 5.41) is 0. The van der Waals surface area contributed by atoms with Gasteiger partial charge < -0.3 is 9.47 Å². The molecule has 2 aliphatic heterocycles. The molecule has 4 rings (SSSR count). The van der Waals surface area contributed by atoms with Crippen molar-refractivity contribution >= 4 is 18.1 Å². The standard InChI is InChI=1S/C23H33N5OS/c1-19-6-7-20(2)21(16-19)28-15-14-27(23(28)30)18-25-12-10-24(11-13-25)17-22(29)26-8-4-3-5-9-26/h6-7,14-16H,3-5,8-13,17-18H2,1-2H3. The summed E-state index contributed by atoms with van der Waals surface area (Å²) in [5.74, 6) is 0.302. The molecule has 0 aliphatic carbocycles. The number of rotatable bonds is 5. The fourth-order valence-corrected chi connectivity index (χ4v) is 4.70. The molecule has 162 valence electrons. The molecule has 7 heteroatoms. The molecule has 0 radical (unpaired) electrons. The molecular formula is C23H33N5OS. The summed E-state index contributed by atoms with van der Waals surface area (Å²) in [6, 6.07) is 6.47. The Labute approximate surface area is 184 Å². The van der Waals surface area contributed by atoms with E-state index >= 15 is 0 Å². The Morgan fingerprint density at radius 2 is 1.63 bits per heavy atom. The van der Waals surface area contributed by atoms with Crippen LogP contribution >= 0.6 is 12.2 Å². The van der Waals surface area contributed by atoms with Gasteiger partial charge in [-0.25, -0.2) is 0 Å². The largest absolute Gasteiger partial charge is 0.342 e. The van der Waals surface area contributed by atoms with Crippen molar-refractivity contribution in [2.75, 3.05) is 45.8 Å². The summed E-state index contributed by atoms with van der Waals surface area (Å²) in [4.78, 5) is 19.3. The Bertz CT molecular complexity index is 935. The maximum absolute atomic E-state index is 12.5. The van der Waals surface area contributed by atoms with Gasteiger partial charge in [0.15, 0.2) is 4.77 Å². The third-order valence-corrected chi connectivity index (χ3v) is 6.79. The van der Waals surface area contributed by atoms with E-state index in [1.54, 1.807) is 0 Å². The quantitative estimate of drug-likeness (QED) is 0.687. The summed E-state index contributed by atoms with van der Waals surface area (Å²) in [6.07, 6.45) is 7.72. The number of aryl methyl sites for hydroxylation is 2. The molecule has 2 fully saturated rings. The summed E-state index contributed by atoms with van der Waals surface area (Å²) in [6.45, 7) is 11.3. The van der Waals surface area contributed by atoms with E-state index in [9.17, 15) is 4.79 Å². The summed E-state index contributed by atoms with van der Waals surface area (Å²) >= 11 is 5.77. The third kappa shape index (κ3) is 4.85. The lowest BCUT2D eigenvalue weighted by Gasteiger charge is -2.36. The van der Waals surface area contributed by atoms with Crippen LogP contribution in [0, 0.1) is 18.6 Å². The first-order valence-electron chi connectivity index (χ1n) is 11.1. The minimum Gasteiger partial charge on any atom is -0.342 e. The molecule has 0 spiro atoms. The second-order valence-corrected chi connectivity index (χ2v) is 9.05. The van der Waals surface area contributed by atoms with Crippen LogP contribution in [0.25, 0.3) is 5.69 Å². The molecule has 3 heterocycles. The number of piperidine rings is 1. The summed E-state index contributed by atoms with van der Waals surface area (Å²) in [5.41, 5.74) is 3.61. The van der Waals surface area contributed by atoms with Gasteiger partial charge in [-0.2, -0.15) is 0 Å². The molecule has 1 aromatic carbocycles. The highest BCUT2D eigenvalue weighted by Gasteiger charge is 2.23. The molecule has 2 aliphatic rings. The number of carbonyl (C=O) groups excluding carboxylic acids is 1. The van der Waals surface area contributed by atoms with Gasteiger partial charge in [0.25, 0.3) is 0 Å². The molecule has 2 saturated heterocycles. The second kappa shape index (κ2) is 9.45. The van der Waals surface area contributed by atoms with E-state index in [-0.39, 0.29) is 0 Å². The molecule has 0 unspecified atom stereocenters. The average molecular weight is 428 g/mol. The minimum absolute atomic E-state index is 0.302. The number of likely N-dealkylation sites (tertiary alicyclic amines) is 1. The van der Waals surface area contributed by atoms with Gasteiger partial charge in [0, 0.05) is 51.7 Å². The number of piperazine rings is 1. The maximum Gasteiger partial charge on any atom is 0.236 e. The van der Waals surface area contributed by atoms with Crippen LogP contribution in [-0.2, 0) is 11.5 Å². The Balaban J connectivity index is 1.32. The van der Waals surface area contributed by atoms with E-state index in [0.717, 1.165) is 69.2 Å². The number of carbonyl (C=O) groups is 1. The SMILES string of the molecule is Cc1ccc(C)c(-n2ccn(CN3CCN(CC(=O)N4CCCCC4)CC3)c2=S)c1. The van der Waals surface area contributed by atoms with Crippen LogP contribution in [0.3, 0.4) is 0 Å². The van der Waals surface area contributed by atoms with Crippen molar-refractivity contribution in [3.8, 4) is 5.69 Å². The predicted molar refractivity (Wildman–Crippen MR) is 123 cm³/mol. The van der Waals surface area contributed by atoms with Crippen LogP contribution < -0.4 is 0 Å². The first kappa shape index (κ1) is 21.3. The summed E-state index contributed by atoms with van der Waals surface area (Å²) < 4.78 is 5.07. The van der Waals surface area contributed by atoms with Crippen molar-refractivity contribution in [1.82, 2.24) is 23.8 Å². The van der Waals surface area contributed by atoms with Crippen molar-refractivity contribution in [2.45, 2.75) is 39.8 Å². The van der Waals surface area contributed by atoms with Crippen molar-refractivity contribution in [2.24, 2.45) is 0 Å². The molecule has 30 heavy (non-hydrogen) atoms. The number of imidazole rings is 1. The zero-order valence-corrected chi connectivity index (χ0v) is 19.0. The van der Waals surface area contributed by atoms with Gasteiger partial charge in [-0.15, -0.1) is 0 Å². The van der Waals surface area contributed by atoms with Crippen LogP contribution in [0.1, 0.15) is 30.4 Å². The highest BCUT2D eigenvalue weighted by molar-refractivity contribution is 7.71. The monoisotopic (exact) mass is 427 g/mol. The zero-order valence-electron chi connectivity index (χ0n) is 18.2. The van der Waals surface area contributed by atoms with E-state index in [1.807, 2.05) is 4.90 Å². The molecular weight excluding hydrogens is 394 g/mol. The minimum atomic E-state index is 0.302. The van der Waals surface area contributed by atoms with Crippen molar-refractivity contribution in [1.29, 1.82) is 0 Å². The van der Waals surface area contributed by atoms with E-state index in [2.05, 4.69) is 63.4 Å². The number of hydrogen-bond donors (Lipinski definition) is 0. The van der Waals surface area contributed by atoms with Gasteiger partial charge in [-0.1, -0.05) is 12.1 Å². The average Bonchev–Trinajstić information content (AvgIpc) is 3.12. The first-order chi connectivity index (χ1) is 14.5. The van der Waals surface area contributed by atoms with E-state index in [1.165, 1.54) is 17.5 Å². The highest BCUT2D eigenvalue weighted by Crippen LogP contribution is 2.18. The van der Waals surface area contributed by atoms with Crippen molar-refractivity contribution in [3.05, 3.63) is 46.5 Å². The lowest BCUT2D eigenvalue weighted by Crippen LogP contribution is -2.50. The number of amides is 1. The van der Waals surface area contributed by atoms with Crippen LogP contribution in [-0.4, -0.2) is 75.6 Å². The Morgan fingerprint density at radius 1 is 0.933 bits per heavy atom. The molecule has 2 aromatic rings. The van der Waals surface area contributed by atoms with E-state index in [0.29, 0.717) is 12.5 Å². The van der Waals surface area contributed by atoms with Crippen LogP contribution in [0.2, 0.25) is 0 Å². The normalized spacial score (nSPS) is 18.7.